The fraction of sp³-hybridized carbons (Fsp3) is 0.318. The Bertz CT molecular complexity index is 972. The van der Waals surface area contributed by atoms with Crippen molar-refractivity contribution in [2.45, 2.75) is 20.3 Å². The van der Waals surface area contributed by atoms with Crippen LogP contribution in [0.2, 0.25) is 0 Å². The number of carbonyl (C=O) groups is 2. The van der Waals surface area contributed by atoms with Gasteiger partial charge in [-0.25, -0.2) is 0 Å². The molecular weight excluding hydrogens is 338 g/mol. The van der Waals surface area contributed by atoms with Gasteiger partial charge in [0.15, 0.2) is 0 Å². The molecule has 5 nitrogen and oxygen atoms in total. The number of imide groups is 1. The van der Waals surface area contributed by atoms with Crippen LogP contribution in [0.25, 0.3) is 5.69 Å². The largest absolute Gasteiger partial charge is 0.318 e. The monoisotopic (exact) mass is 359 g/mol. The minimum atomic E-state index is -0.207. The number of para-hydroxylation sites is 1. The molecule has 5 heteroatoms. The fourth-order valence-electron chi connectivity index (χ4n) is 5.01. The number of nitrogens with zero attached hydrogens (tertiary/aromatic N) is 3. The molecule has 4 atom stereocenters. The van der Waals surface area contributed by atoms with Crippen LogP contribution in [0.5, 0.6) is 0 Å². The number of hydrazone groups is 1. The van der Waals surface area contributed by atoms with Crippen LogP contribution in [0.4, 0.5) is 0 Å². The summed E-state index contributed by atoms with van der Waals surface area (Å²) in [6.45, 7) is 4.06. The van der Waals surface area contributed by atoms with Crippen molar-refractivity contribution in [1.82, 2.24) is 9.58 Å². The predicted octanol–water partition coefficient (Wildman–Crippen LogP) is 3.24. The first-order valence-corrected chi connectivity index (χ1v) is 9.41. The van der Waals surface area contributed by atoms with Gasteiger partial charge in [0.2, 0.25) is 0 Å². The number of fused-ring (bicyclic) bond motifs is 5. The highest BCUT2D eigenvalue weighted by atomic mass is 16.2. The lowest BCUT2D eigenvalue weighted by molar-refractivity contribution is -0.140. The predicted molar refractivity (Wildman–Crippen MR) is 102 cm³/mol. The number of aryl methyl sites for hydroxylation is 1. The molecule has 0 N–H and O–H groups in total. The Morgan fingerprint density at radius 2 is 1.63 bits per heavy atom. The van der Waals surface area contributed by atoms with E-state index in [1.165, 1.54) is 0 Å². The second kappa shape index (κ2) is 5.78. The number of benzene rings is 1. The van der Waals surface area contributed by atoms with Crippen molar-refractivity contribution < 1.29 is 9.59 Å². The minimum Gasteiger partial charge on any atom is -0.318 e. The zero-order valence-corrected chi connectivity index (χ0v) is 15.4. The van der Waals surface area contributed by atoms with Crippen molar-refractivity contribution in [2.24, 2.45) is 28.8 Å². The Labute approximate surface area is 158 Å². The highest BCUT2D eigenvalue weighted by Gasteiger charge is 2.59. The maximum Gasteiger partial charge on any atom is 0.254 e. The molecule has 4 unspecified atom stereocenters. The van der Waals surface area contributed by atoms with Gasteiger partial charge in [-0.15, -0.1) is 0 Å². The van der Waals surface area contributed by atoms with Gasteiger partial charge in [0, 0.05) is 22.6 Å². The smallest absolute Gasteiger partial charge is 0.254 e. The number of carbonyl (C=O) groups excluding carboxylic acids is 2. The summed E-state index contributed by atoms with van der Waals surface area (Å²) in [6, 6.07) is 12.1. The molecule has 0 spiro atoms. The maximum atomic E-state index is 12.7. The zero-order chi connectivity index (χ0) is 18.7. The van der Waals surface area contributed by atoms with Gasteiger partial charge in [-0.2, -0.15) is 10.1 Å². The van der Waals surface area contributed by atoms with E-state index in [4.69, 9.17) is 0 Å². The molecule has 3 aliphatic rings. The van der Waals surface area contributed by atoms with E-state index in [2.05, 4.69) is 34.0 Å². The van der Waals surface area contributed by atoms with Crippen molar-refractivity contribution >= 4 is 18.0 Å². The van der Waals surface area contributed by atoms with Crippen LogP contribution in [-0.2, 0) is 9.59 Å². The zero-order valence-electron chi connectivity index (χ0n) is 15.4. The molecule has 1 aliphatic heterocycles. The van der Waals surface area contributed by atoms with Gasteiger partial charge in [0.1, 0.15) is 0 Å². The van der Waals surface area contributed by atoms with E-state index in [0.717, 1.165) is 34.1 Å². The molecule has 2 heterocycles. The average molecular weight is 359 g/mol. The van der Waals surface area contributed by atoms with Crippen molar-refractivity contribution in [3.63, 3.8) is 0 Å². The Morgan fingerprint density at radius 3 is 2.26 bits per heavy atom. The standard InChI is InChI=1S/C22H21N3O2/c1-13-10-17(14(2)24(13)18-6-4-3-5-7-18)12-23-25-21(26)19-15-8-9-16(11-15)20(19)22(25)27/h3-10,12,15-16,19-20H,11H2,1-2H3. The van der Waals surface area contributed by atoms with Gasteiger partial charge in [-0.1, -0.05) is 30.4 Å². The van der Waals surface area contributed by atoms with E-state index in [-0.39, 0.29) is 35.5 Å². The summed E-state index contributed by atoms with van der Waals surface area (Å²) in [5.41, 5.74) is 4.11. The average Bonchev–Trinajstić information content (AvgIpc) is 3.40. The van der Waals surface area contributed by atoms with Crippen LogP contribution in [0.15, 0.2) is 53.7 Å². The molecular formula is C22H21N3O2. The minimum absolute atomic E-state index is 0.144. The third kappa shape index (κ3) is 2.27. The van der Waals surface area contributed by atoms with Gasteiger partial charge in [0.25, 0.3) is 11.8 Å². The summed E-state index contributed by atoms with van der Waals surface area (Å²) < 4.78 is 2.15. The first kappa shape index (κ1) is 16.2. The maximum absolute atomic E-state index is 12.7. The number of rotatable bonds is 3. The van der Waals surface area contributed by atoms with E-state index in [1.54, 1.807) is 6.21 Å². The lowest BCUT2D eigenvalue weighted by atomic mass is 9.85. The van der Waals surface area contributed by atoms with E-state index >= 15 is 0 Å². The molecule has 136 valence electrons. The number of aromatic nitrogens is 1. The number of amides is 2. The van der Waals surface area contributed by atoms with Gasteiger partial charge < -0.3 is 4.57 Å². The van der Waals surface area contributed by atoms with Gasteiger partial charge in [-0.3, -0.25) is 9.59 Å². The third-order valence-electron chi connectivity index (χ3n) is 6.24. The van der Waals surface area contributed by atoms with Crippen molar-refractivity contribution in [2.75, 3.05) is 0 Å². The van der Waals surface area contributed by atoms with Gasteiger partial charge in [-0.05, 0) is 50.3 Å². The Balaban J connectivity index is 1.44. The van der Waals surface area contributed by atoms with Gasteiger partial charge in [0.05, 0.1) is 18.1 Å². The van der Waals surface area contributed by atoms with Crippen LogP contribution in [-0.4, -0.2) is 27.6 Å². The van der Waals surface area contributed by atoms with Gasteiger partial charge >= 0.3 is 0 Å². The summed E-state index contributed by atoms with van der Waals surface area (Å²) in [7, 11) is 0. The summed E-state index contributed by atoms with van der Waals surface area (Å²) >= 11 is 0. The highest BCUT2D eigenvalue weighted by Crippen LogP contribution is 2.52. The SMILES string of the molecule is Cc1cc(C=NN2C(=O)C3C4C=CC(C4)C3C2=O)c(C)n1-c1ccccc1. The molecule has 1 aromatic carbocycles. The Morgan fingerprint density at radius 1 is 1.00 bits per heavy atom. The number of hydrogen-bond donors (Lipinski definition) is 0. The lowest BCUT2D eigenvalue weighted by Crippen LogP contribution is -2.28. The molecule has 1 saturated carbocycles. The molecule has 2 amide bonds. The molecule has 27 heavy (non-hydrogen) atoms. The van der Waals surface area contributed by atoms with Crippen LogP contribution >= 0.6 is 0 Å². The summed E-state index contributed by atoms with van der Waals surface area (Å²) in [4.78, 5) is 25.5. The normalized spacial score (nSPS) is 28.7. The first-order chi connectivity index (χ1) is 13.1. The summed E-state index contributed by atoms with van der Waals surface area (Å²) in [5.74, 6) is -0.285. The van der Waals surface area contributed by atoms with Crippen LogP contribution < -0.4 is 0 Å². The summed E-state index contributed by atoms with van der Waals surface area (Å²) in [6.07, 6.45) is 6.77. The molecule has 2 fully saturated rings. The molecule has 1 saturated heterocycles. The van der Waals surface area contributed by atoms with E-state index in [0.29, 0.717) is 0 Å². The number of hydrogen-bond acceptors (Lipinski definition) is 3. The first-order valence-electron chi connectivity index (χ1n) is 9.41. The fourth-order valence-corrected chi connectivity index (χ4v) is 5.01. The highest BCUT2D eigenvalue weighted by molar-refractivity contribution is 6.06. The molecule has 5 rings (SSSR count). The van der Waals surface area contributed by atoms with E-state index in [1.807, 2.05) is 38.1 Å². The second-order valence-electron chi connectivity index (χ2n) is 7.73. The Kier molecular flexibility index (Phi) is 3.47. The van der Waals surface area contributed by atoms with E-state index in [9.17, 15) is 9.59 Å². The van der Waals surface area contributed by atoms with E-state index < -0.39 is 0 Å². The van der Waals surface area contributed by atoms with Crippen molar-refractivity contribution in [3.05, 3.63) is 65.5 Å². The van der Waals surface area contributed by atoms with Crippen LogP contribution in [0, 0.1) is 37.5 Å². The van der Waals surface area contributed by atoms with Crippen molar-refractivity contribution in [1.29, 1.82) is 0 Å². The quantitative estimate of drug-likeness (QED) is 0.480. The molecule has 2 bridgehead atoms. The third-order valence-corrected chi connectivity index (χ3v) is 6.24. The van der Waals surface area contributed by atoms with Crippen LogP contribution in [0.3, 0.4) is 0 Å². The molecule has 1 aromatic heterocycles. The molecule has 2 aromatic rings. The van der Waals surface area contributed by atoms with Crippen molar-refractivity contribution in [3.8, 4) is 5.69 Å². The lowest BCUT2D eigenvalue weighted by Gasteiger charge is -2.13. The number of allylic oxidation sites excluding steroid dienone is 2. The topological polar surface area (TPSA) is 54.7 Å². The summed E-state index contributed by atoms with van der Waals surface area (Å²) in [5, 5.41) is 5.42. The Hall–Kier alpha value is -2.95. The van der Waals surface area contributed by atoms with Crippen LogP contribution in [0.1, 0.15) is 23.4 Å². The molecule has 0 radical (unpaired) electrons. The second-order valence-corrected chi connectivity index (χ2v) is 7.73. The molecule has 2 aliphatic carbocycles.